The summed E-state index contributed by atoms with van der Waals surface area (Å²) in [6.07, 6.45) is 0. The van der Waals surface area contributed by atoms with Crippen molar-refractivity contribution in [2.75, 3.05) is 44.4 Å². The molecule has 3 N–H and O–H groups in total. The van der Waals surface area contributed by atoms with Gasteiger partial charge in [0.1, 0.15) is 24.0 Å². The van der Waals surface area contributed by atoms with Crippen molar-refractivity contribution >= 4 is 17.6 Å². The molecule has 18 heavy (non-hydrogen) atoms. The SMILES string of the molecule is Cc1nc(NCCN(C)C)cc(NCC(=O)O)n1. The Morgan fingerprint density at radius 1 is 1.33 bits per heavy atom. The Labute approximate surface area is 106 Å². The van der Waals surface area contributed by atoms with Crippen LogP contribution in [0, 0.1) is 6.92 Å². The van der Waals surface area contributed by atoms with Crippen LogP contribution in [-0.4, -0.2) is 59.7 Å². The van der Waals surface area contributed by atoms with Crippen LogP contribution in [0.3, 0.4) is 0 Å². The molecule has 1 aromatic heterocycles. The maximum atomic E-state index is 10.5. The van der Waals surface area contributed by atoms with Crippen LogP contribution in [0.2, 0.25) is 0 Å². The van der Waals surface area contributed by atoms with Gasteiger partial charge in [-0.05, 0) is 21.0 Å². The van der Waals surface area contributed by atoms with E-state index in [9.17, 15) is 4.79 Å². The lowest BCUT2D eigenvalue weighted by Gasteiger charge is -2.12. The number of likely N-dealkylation sites (N-methyl/N-ethyl adjacent to an activating group) is 1. The van der Waals surface area contributed by atoms with E-state index in [0.717, 1.165) is 13.1 Å². The van der Waals surface area contributed by atoms with Gasteiger partial charge in [0, 0.05) is 19.2 Å². The Kier molecular flexibility index (Phi) is 5.31. The number of rotatable bonds is 7. The van der Waals surface area contributed by atoms with Crippen LogP contribution in [0.25, 0.3) is 0 Å². The van der Waals surface area contributed by atoms with Crippen LogP contribution < -0.4 is 10.6 Å². The molecule has 0 aliphatic carbocycles. The number of anilines is 2. The molecule has 0 aromatic carbocycles. The largest absolute Gasteiger partial charge is 0.480 e. The summed E-state index contributed by atoms with van der Waals surface area (Å²) in [5.74, 6) is 0.876. The Morgan fingerprint density at radius 2 is 1.94 bits per heavy atom. The summed E-state index contributed by atoms with van der Waals surface area (Å²) in [5, 5.41) is 14.5. The predicted molar refractivity (Wildman–Crippen MR) is 69.9 cm³/mol. The van der Waals surface area contributed by atoms with Crippen molar-refractivity contribution in [3.8, 4) is 0 Å². The van der Waals surface area contributed by atoms with Crippen LogP contribution in [0.15, 0.2) is 6.07 Å². The smallest absolute Gasteiger partial charge is 0.322 e. The maximum absolute atomic E-state index is 10.5. The molecule has 0 bridgehead atoms. The van der Waals surface area contributed by atoms with Gasteiger partial charge < -0.3 is 20.6 Å². The molecule has 0 aliphatic rings. The van der Waals surface area contributed by atoms with Gasteiger partial charge in [-0.1, -0.05) is 0 Å². The summed E-state index contributed by atoms with van der Waals surface area (Å²) >= 11 is 0. The van der Waals surface area contributed by atoms with Crippen molar-refractivity contribution in [2.24, 2.45) is 0 Å². The number of nitrogens with one attached hydrogen (secondary N) is 2. The molecule has 0 aliphatic heterocycles. The van der Waals surface area contributed by atoms with Crippen LogP contribution in [0.4, 0.5) is 11.6 Å². The molecule has 100 valence electrons. The number of aryl methyl sites for hydroxylation is 1. The van der Waals surface area contributed by atoms with Crippen LogP contribution >= 0.6 is 0 Å². The minimum absolute atomic E-state index is 0.159. The summed E-state index contributed by atoms with van der Waals surface area (Å²) in [6, 6.07) is 1.70. The van der Waals surface area contributed by atoms with Crippen LogP contribution in [0.5, 0.6) is 0 Å². The highest BCUT2D eigenvalue weighted by Crippen LogP contribution is 2.10. The van der Waals surface area contributed by atoms with Gasteiger partial charge in [-0.15, -0.1) is 0 Å². The molecule has 0 amide bonds. The number of aliphatic carboxylic acids is 1. The first-order chi connectivity index (χ1) is 8.47. The fourth-order valence-corrected chi connectivity index (χ4v) is 1.32. The standard InChI is InChI=1S/C11H19N5O2/c1-8-14-9(12-4-5-16(2)3)6-10(15-8)13-7-11(17)18/h6H,4-5,7H2,1-3H3,(H,17,18)(H2,12,13,14,15). The molecule has 0 unspecified atom stereocenters. The summed E-state index contributed by atoms with van der Waals surface area (Å²) in [7, 11) is 3.99. The van der Waals surface area contributed by atoms with E-state index in [1.165, 1.54) is 0 Å². The van der Waals surface area contributed by atoms with Crippen LogP contribution in [0.1, 0.15) is 5.82 Å². The molecule has 1 aromatic rings. The van der Waals surface area contributed by atoms with Gasteiger partial charge in [0.25, 0.3) is 0 Å². The Hall–Kier alpha value is -1.89. The summed E-state index contributed by atoms with van der Waals surface area (Å²) < 4.78 is 0. The molecule has 0 saturated carbocycles. The molecule has 0 saturated heterocycles. The third-order valence-electron chi connectivity index (χ3n) is 2.12. The number of nitrogens with zero attached hydrogens (tertiary/aromatic N) is 3. The number of hydrogen-bond donors (Lipinski definition) is 3. The quantitative estimate of drug-likeness (QED) is 0.642. The number of hydrogen-bond acceptors (Lipinski definition) is 6. The van der Waals surface area contributed by atoms with Crippen LogP contribution in [-0.2, 0) is 4.79 Å². The second kappa shape index (κ2) is 6.75. The first-order valence-electron chi connectivity index (χ1n) is 5.67. The highest BCUT2D eigenvalue weighted by Gasteiger charge is 2.03. The summed E-state index contributed by atoms with van der Waals surface area (Å²) in [6.45, 7) is 3.26. The second-order valence-electron chi connectivity index (χ2n) is 4.16. The monoisotopic (exact) mass is 253 g/mol. The maximum Gasteiger partial charge on any atom is 0.322 e. The molecule has 1 rings (SSSR count). The van der Waals surface area contributed by atoms with Crippen molar-refractivity contribution in [2.45, 2.75) is 6.92 Å². The number of aromatic nitrogens is 2. The molecule has 1 heterocycles. The average molecular weight is 253 g/mol. The first kappa shape index (κ1) is 14.2. The highest BCUT2D eigenvalue weighted by atomic mass is 16.4. The van der Waals surface area contributed by atoms with Crippen molar-refractivity contribution in [3.63, 3.8) is 0 Å². The second-order valence-corrected chi connectivity index (χ2v) is 4.16. The predicted octanol–water partition coefficient (Wildman–Crippen LogP) is 0.255. The lowest BCUT2D eigenvalue weighted by Crippen LogP contribution is -2.21. The number of carboxylic acids is 1. The zero-order chi connectivity index (χ0) is 13.5. The van der Waals surface area contributed by atoms with Gasteiger partial charge >= 0.3 is 5.97 Å². The van der Waals surface area contributed by atoms with E-state index in [0.29, 0.717) is 17.5 Å². The number of carbonyl (C=O) groups is 1. The fourth-order valence-electron chi connectivity index (χ4n) is 1.32. The van der Waals surface area contributed by atoms with E-state index >= 15 is 0 Å². The third-order valence-corrected chi connectivity index (χ3v) is 2.12. The molecule has 7 heteroatoms. The van der Waals surface area contributed by atoms with Crippen molar-refractivity contribution in [1.29, 1.82) is 0 Å². The third kappa shape index (κ3) is 5.44. The van der Waals surface area contributed by atoms with Gasteiger partial charge in [-0.3, -0.25) is 4.79 Å². The zero-order valence-corrected chi connectivity index (χ0v) is 10.9. The number of carboxylic acid groups (broad SMARTS) is 1. The minimum Gasteiger partial charge on any atom is -0.480 e. The molecule has 0 spiro atoms. The fraction of sp³-hybridized carbons (Fsp3) is 0.545. The zero-order valence-electron chi connectivity index (χ0n) is 10.9. The molecular weight excluding hydrogens is 234 g/mol. The van der Waals surface area contributed by atoms with E-state index in [1.807, 2.05) is 14.1 Å². The molecule has 0 atom stereocenters. The highest BCUT2D eigenvalue weighted by molar-refractivity contribution is 5.72. The van der Waals surface area contributed by atoms with E-state index < -0.39 is 5.97 Å². The topological polar surface area (TPSA) is 90.4 Å². The average Bonchev–Trinajstić information content (AvgIpc) is 2.25. The van der Waals surface area contributed by atoms with Crippen molar-refractivity contribution in [1.82, 2.24) is 14.9 Å². The van der Waals surface area contributed by atoms with Crippen molar-refractivity contribution in [3.05, 3.63) is 11.9 Å². The molecular formula is C11H19N5O2. The van der Waals surface area contributed by atoms with Crippen molar-refractivity contribution < 1.29 is 9.90 Å². The Balaban J connectivity index is 2.59. The molecule has 0 fully saturated rings. The Bertz CT molecular complexity index is 408. The summed E-state index contributed by atoms with van der Waals surface area (Å²) in [5.41, 5.74) is 0. The molecule has 7 nitrogen and oxygen atoms in total. The normalized spacial score (nSPS) is 10.4. The van der Waals surface area contributed by atoms with Gasteiger partial charge in [0.2, 0.25) is 0 Å². The van der Waals surface area contributed by atoms with E-state index in [-0.39, 0.29) is 6.54 Å². The lowest BCUT2D eigenvalue weighted by molar-refractivity contribution is -0.134. The van der Waals surface area contributed by atoms with E-state index in [1.54, 1.807) is 13.0 Å². The van der Waals surface area contributed by atoms with E-state index in [4.69, 9.17) is 5.11 Å². The van der Waals surface area contributed by atoms with E-state index in [2.05, 4.69) is 25.5 Å². The Morgan fingerprint density at radius 3 is 2.50 bits per heavy atom. The van der Waals surface area contributed by atoms with Gasteiger partial charge in [0.05, 0.1) is 0 Å². The van der Waals surface area contributed by atoms with Gasteiger partial charge in [-0.2, -0.15) is 0 Å². The summed E-state index contributed by atoms with van der Waals surface area (Å²) in [4.78, 5) is 20.9. The molecule has 0 radical (unpaired) electrons. The minimum atomic E-state index is -0.923. The first-order valence-corrected chi connectivity index (χ1v) is 5.67. The van der Waals surface area contributed by atoms with Gasteiger partial charge in [-0.25, -0.2) is 9.97 Å². The van der Waals surface area contributed by atoms with Gasteiger partial charge in [0.15, 0.2) is 0 Å². The lowest BCUT2D eigenvalue weighted by atomic mass is 10.4.